The summed E-state index contributed by atoms with van der Waals surface area (Å²) >= 11 is 0. The molecule has 0 bridgehead atoms. The smallest absolute Gasteiger partial charge is 0.0637 e. The number of nitrogens with two attached hydrogens (primary N) is 2. The largest absolute Gasteiger partial charge is 0.378 e. The highest BCUT2D eigenvalue weighted by molar-refractivity contribution is 5.13. The maximum atomic E-state index is 6.92. The molecule has 10 atom stereocenters. The number of rotatable bonds is 16. The first-order chi connectivity index (χ1) is 18.9. The molecule has 4 aliphatic carbocycles. The molecule has 5 heteroatoms. The third-order valence-electron chi connectivity index (χ3n) is 12.5. The van der Waals surface area contributed by atoms with Crippen molar-refractivity contribution in [1.82, 2.24) is 5.32 Å². The van der Waals surface area contributed by atoms with Crippen molar-refractivity contribution < 1.29 is 9.47 Å². The Hall–Kier alpha value is -0.200. The van der Waals surface area contributed by atoms with E-state index >= 15 is 0 Å². The summed E-state index contributed by atoms with van der Waals surface area (Å²) in [6.45, 7) is 15.7. The van der Waals surface area contributed by atoms with E-state index in [-0.39, 0.29) is 0 Å². The first kappa shape index (κ1) is 31.7. The molecule has 0 amide bonds. The van der Waals surface area contributed by atoms with Gasteiger partial charge in [-0.2, -0.15) is 0 Å². The zero-order valence-corrected chi connectivity index (χ0v) is 26.2. The van der Waals surface area contributed by atoms with Crippen molar-refractivity contribution in [2.75, 3.05) is 39.4 Å². The number of hydrogen-bond acceptors (Lipinski definition) is 5. The van der Waals surface area contributed by atoms with Gasteiger partial charge in [-0.3, -0.25) is 0 Å². The van der Waals surface area contributed by atoms with Crippen molar-refractivity contribution in [3.05, 3.63) is 0 Å². The summed E-state index contributed by atoms with van der Waals surface area (Å²) in [6.07, 6.45) is 18.8. The summed E-state index contributed by atoms with van der Waals surface area (Å²) < 4.78 is 13.2. The highest BCUT2D eigenvalue weighted by atomic mass is 16.5. The average Bonchev–Trinajstić information content (AvgIpc) is 3.29. The quantitative estimate of drug-likeness (QED) is 0.191. The lowest BCUT2D eigenvalue weighted by Gasteiger charge is -2.63. The molecule has 2 unspecified atom stereocenters. The van der Waals surface area contributed by atoms with Gasteiger partial charge in [0.1, 0.15) is 0 Å². The Balaban J connectivity index is 1.46. The molecule has 228 valence electrons. The van der Waals surface area contributed by atoms with Crippen molar-refractivity contribution in [3.8, 4) is 0 Å². The highest BCUT2D eigenvalue weighted by Crippen LogP contribution is 2.69. The molecule has 0 heterocycles. The maximum Gasteiger partial charge on any atom is 0.0637 e. The number of fused-ring (bicyclic) bond motifs is 5. The van der Waals surface area contributed by atoms with Crippen LogP contribution in [0.4, 0.5) is 0 Å². The van der Waals surface area contributed by atoms with Crippen LogP contribution in [0.1, 0.15) is 118 Å². The Morgan fingerprint density at radius 3 is 2.33 bits per heavy atom. The molecular formula is C34H65N3O2. The number of unbranched alkanes of at least 4 members (excludes halogenated alkanes) is 1. The summed E-state index contributed by atoms with van der Waals surface area (Å²) in [5.74, 6) is 4.89. The van der Waals surface area contributed by atoms with Gasteiger partial charge in [-0.25, -0.2) is 0 Å². The van der Waals surface area contributed by atoms with Crippen LogP contribution in [0, 0.1) is 46.3 Å². The fourth-order valence-electron chi connectivity index (χ4n) is 10.3. The fourth-order valence-corrected chi connectivity index (χ4v) is 10.3. The molecule has 4 saturated carbocycles. The van der Waals surface area contributed by atoms with E-state index in [0.717, 1.165) is 74.7 Å². The summed E-state index contributed by atoms with van der Waals surface area (Å²) in [6, 6.07) is 0. The Morgan fingerprint density at radius 2 is 1.59 bits per heavy atom. The second kappa shape index (κ2) is 14.8. The summed E-state index contributed by atoms with van der Waals surface area (Å²) in [7, 11) is 0. The minimum absolute atomic E-state index is 0.316. The Labute approximate surface area is 241 Å². The predicted molar refractivity (Wildman–Crippen MR) is 164 cm³/mol. The van der Waals surface area contributed by atoms with Crippen LogP contribution in [0.25, 0.3) is 0 Å². The van der Waals surface area contributed by atoms with Crippen molar-refractivity contribution in [2.45, 2.75) is 130 Å². The van der Waals surface area contributed by atoms with Gasteiger partial charge in [0, 0.05) is 13.2 Å². The van der Waals surface area contributed by atoms with Gasteiger partial charge in [0.15, 0.2) is 0 Å². The molecule has 39 heavy (non-hydrogen) atoms. The van der Waals surface area contributed by atoms with Crippen LogP contribution in [0.2, 0.25) is 0 Å². The monoisotopic (exact) mass is 548 g/mol. The second-order valence-corrected chi connectivity index (χ2v) is 14.6. The molecule has 4 rings (SSSR count). The molecule has 4 fully saturated rings. The summed E-state index contributed by atoms with van der Waals surface area (Å²) in [4.78, 5) is 0. The third kappa shape index (κ3) is 6.90. The zero-order valence-electron chi connectivity index (χ0n) is 26.2. The first-order valence-electron chi connectivity index (χ1n) is 17.2. The van der Waals surface area contributed by atoms with Crippen molar-refractivity contribution in [3.63, 3.8) is 0 Å². The molecule has 4 aliphatic rings. The number of nitrogens with one attached hydrogen (secondary N) is 1. The molecule has 0 radical (unpaired) electrons. The van der Waals surface area contributed by atoms with Crippen LogP contribution in [0.15, 0.2) is 0 Å². The molecule has 0 aromatic heterocycles. The minimum atomic E-state index is 0.316. The number of hydrogen-bond donors (Lipinski definition) is 3. The van der Waals surface area contributed by atoms with E-state index in [4.69, 9.17) is 20.9 Å². The molecule has 0 aromatic rings. The molecule has 5 nitrogen and oxygen atoms in total. The Kier molecular flexibility index (Phi) is 12.0. The lowest BCUT2D eigenvalue weighted by atomic mass is 9.43. The standard InChI is InChI=1S/C34H65N3O2/c1-5-6-19-37-20-7-10-25(2)29-13-14-30-28-12-11-26-23-27(38-21-8-17-35)15-16-33(26,3)31(28)24-32(34(29,30)4)39-22-9-18-36/h25-32,37H,5-24,35-36H2,1-4H3/t25-,26?,27-,28?,29-,30+,31+,32+,33+,34-/m1/s1. The second-order valence-electron chi connectivity index (χ2n) is 14.6. The van der Waals surface area contributed by atoms with Gasteiger partial charge in [0.2, 0.25) is 0 Å². The third-order valence-corrected chi connectivity index (χ3v) is 12.5. The van der Waals surface area contributed by atoms with Crippen molar-refractivity contribution >= 4 is 0 Å². The van der Waals surface area contributed by atoms with Gasteiger partial charge in [0.25, 0.3) is 0 Å². The highest BCUT2D eigenvalue weighted by Gasteiger charge is 2.64. The average molecular weight is 548 g/mol. The van der Waals surface area contributed by atoms with Crippen LogP contribution >= 0.6 is 0 Å². The summed E-state index contributed by atoms with van der Waals surface area (Å²) in [5.41, 5.74) is 12.4. The predicted octanol–water partition coefficient (Wildman–Crippen LogP) is 6.53. The first-order valence-corrected chi connectivity index (χ1v) is 17.2. The topological polar surface area (TPSA) is 82.5 Å². The van der Waals surface area contributed by atoms with Gasteiger partial charge in [-0.05, 0) is 156 Å². The van der Waals surface area contributed by atoms with Crippen LogP contribution in [0.5, 0.6) is 0 Å². The molecule has 0 saturated heterocycles. The van der Waals surface area contributed by atoms with E-state index in [2.05, 4.69) is 33.0 Å². The molecule has 0 aliphatic heterocycles. The van der Waals surface area contributed by atoms with E-state index in [1.54, 1.807) is 0 Å². The molecule has 0 spiro atoms. The van der Waals surface area contributed by atoms with E-state index in [9.17, 15) is 0 Å². The number of ether oxygens (including phenoxy) is 2. The van der Waals surface area contributed by atoms with E-state index < -0.39 is 0 Å². The van der Waals surface area contributed by atoms with Gasteiger partial charge in [-0.15, -0.1) is 0 Å². The van der Waals surface area contributed by atoms with Crippen LogP contribution in [-0.2, 0) is 9.47 Å². The Bertz CT molecular complexity index is 721. The van der Waals surface area contributed by atoms with E-state index in [0.29, 0.717) is 23.0 Å². The molecule has 0 aromatic carbocycles. The van der Waals surface area contributed by atoms with E-state index in [1.165, 1.54) is 90.1 Å². The van der Waals surface area contributed by atoms with Crippen LogP contribution < -0.4 is 16.8 Å². The minimum Gasteiger partial charge on any atom is -0.378 e. The lowest BCUT2D eigenvalue weighted by molar-refractivity contribution is -0.192. The molecule has 5 N–H and O–H groups in total. The Morgan fingerprint density at radius 1 is 0.846 bits per heavy atom. The van der Waals surface area contributed by atoms with Crippen LogP contribution in [0.3, 0.4) is 0 Å². The van der Waals surface area contributed by atoms with Gasteiger partial charge in [0.05, 0.1) is 12.2 Å². The normalized spacial score (nSPS) is 40.6. The summed E-state index contributed by atoms with van der Waals surface area (Å²) in [5, 5.41) is 3.68. The zero-order chi connectivity index (χ0) is 27.9. The van der Waals surface area contributed by atoms with Crippen molar-refractivity contribution in [2.24, 2.45) is 57.8 Å². The van der Waals surface area contributed by atoms with Gasteiger partial charge in [-0.1, -0.05) is 34.1 Å². The molecular weight excluding hydrogens is 482 g/mol. The lowest BCUT2D eigenvalue weighted by Crippen LogP contribution is -2.59. The van der Waals surface area contributed by atoms with Gasteiger partial charge < -0.3 is 26.3 Å². The SMILES string of the molecule is CCCCNCCC[C@@H](C)[C@H]1CC[C@H]2C3CCC4C[C@H](OCCCN)CC[C@]4(C)[C@H]3C[C@H](OCCCN)[C@]12C. The fraction of sp³-hybridized carbons (Fsp3) is 1.00. The van der Waals surface area contributed by atoms with Crippen molar-refractivity contribution in [1.29, 1.82) is 0 Å². The van der Waals surface area contributed by atoms with E-state index in [1.807, 2.05) is 0 Å². The maximum absolute atomic E-state index is 6.92. The van der Waals surface area contributed by atoms with Crippen LogP contribution in [-0.4, -0.2) is 51.6 Å². The van der Waals surface area contributed by atoms with Gasteiger partial charge >= 0.3 is 0 Å².